The number of rotatable bonds is 6. The maximum atomic E-state index is 9.11. The van der Waals surface area contributed by atoms with Crippen LogP contribution in [0, 0.1) is 0 Å². The summed E-state index contributed by atoms with van der Waals surface area (Å²) >= 11 is 0. The topological polar surface area (TPSA) is 29.5 Å². The molecule has 0 spiro atoms. The van der Waals surface area contributed by atoms with Crippen molar-refractivity contribution in [3.63, 3.8) is 0 Å². The highest BCUT2D eigenvalue weighted by molar-refractivity contribution is 5.30. The zero-order chi connectivity index (χ0) is 11.1. The molecule has 0 aliphatic heterocycles. The standard InChI is InChI=1S/C13H20O2/c1-3-4-5-6-11(2)15-13-9-7-12(14)8-10-13/h7-11,14H,3-6H2,1-2H3. The SMILES string of the molecule is CCCCCC(C)Oc1ccc(O)cc1. The number of hydrogen-bond acceptors (Lipinski definition) is 2. The highest BCUT2D eigenvalue weighted by atomic mass is 16.5. The van der Waals surface area contributed by atoms with Crippen molar-refractivity contribution in [2.24, 2.45) is 0 Å². The zero-order valence-corrected chi connectivity index (χ0v) is 9.57. The summed E-state index contributed by atoms with van der Waals surface area (Å²) in [6.45, 7) is 4.29. The fourth-order valence-corrected chi connectivity index (χ4v) is 1.50. The minimum absolute atomic E-state index is 0.251. The predicted molar refractivity (Wildman–Crippen MR) is 62.3 cm³/mol. The molecule has 0 saturated heterocycles. The molecule has 84 valence electrons. The van der Waals surface area contributed by atoms with E-state index in [4.69, 9.17) is 9.84 Å². The van der Waals surface area contributed by atoms with E-state index in [9.17, 15) is 0 Å². The molecule has 1 aromatic rings. The van der Waals surface area contributed by atoms with Gasteiger partial charge in [-0.2, -0.15) is 0 Å². The molecule has 15 heavy (non-hydrogen) atoms. The van der Waals surface area contributed by atoms with E-state index in [1.54, 1.807) is 24.3 Å². The van der Waals surface area contributed by atoms with Gasteiger partial charge in [-0.3, -0.25) is 0 Å². The Bertz CT molecular complexity index is 266. The van der Waals surface area contributed by atoms with Gasteiger partial charge in [0.25, 0.3) is 0 Å². The first-order chi connectivity index (χ1) is 7.22. The van der Waals surface area contributed by atoms with Crippen molar-refractivity contribution < 1.29 is 9.84 Å². The summed E-state index contributed by atoms with van der Waals surface area (Å²) in [4.78, 5) is 0. The molecule has 2 nitrogen and oxygen atoms in total. The Kier molecular flexibility index (Phi) is 5.02. The van der Waals surface area contributed by atoms with Gasteiger partial charge in [0, 0.05) is 0 Å². The second-order valence-electron chi connectivity index (χ2n) is 3.92. The van der Waals surface area contributed by atoms with E-state index < -0.39 is 0 Å². The molecule has 1 atom stereocenters. The molecule has 0 radical (unpaired) electrons. The average molecular weight is 208 g/mol. The summed E-state index contributed by atoms with van der Waals surface area (Å²) in [6, 6.07) is 6.89. The lowest BCUT2D eigenvalue weighted by atomic mass is 10.1. The number of hydrogen-bond donors (Lipinski definition) is 1. The summed E-state index contributed by atoms with van der Waals surface area (Å²) in [5.41, 5.74) is 0. The number of unbranched alkanes of at least 4 members (excludes halogenated alkanes) is 2. The number of phenols is 1. The summed E-state index contributed by atoms with van der Waals surface area (Å²) in [5, 5.41) is 9.11. The molecule has 1 N–H and O–H groups in total. The van der Waals surface area contributed by atoms with Gasteiger partial charge in [0.1, 0.15) is 11.5 Å². The van der Waals surface area contributed by atoms with E-state index >= 15 is 0 Å². The van der Waals surface area contributed by atoms with Crippen LogP contribution >= 0.6 is 0 Å². The van der Waals surface area contributed by atoms with Gasteiger partial charge < -0.3 is 9.84 Å². The Morgan fingerprint density at radius 3 is 2.47 bits per heavy atom. The smallest absolute Gasteiger partial charge is 0.119 e. The van der Waals surface area contributed by atoms with Crippen molar-refractivity contribution in [1.29, 1.82) is 0 Å². The largest absolute Gasteiger partial charge is 0.508 e. The quantitative estimate of drug-likeness (QED) is 0.722. The monoisotopic (exact) mass is 208 g/mol. The maximum absolute atomic E-state index is 9.11. The molecule has 1 unspecified atom stereocenters. The molecule has 1 rings (SSSR count). The van der Waals surface area contributed by atoms with Gasteiger partial charge in [-0.05, 0) is 44.0 Å². The van der Waals surface area contributed by atoms with Crippen molar-refractivity contribution >= 4 is 0 Å². The third-order valence-electron chi connectivity index (χ3n) is 2.39. The minimum Gasteiger partial charge on any atom is -0.508 e. The van der Waals surface area contributed by atoms with E-state index in [1.807, 2.05) is 0 Å². The van der Waals surface area contributed by atoms with E-state index in [2.05, 4.69) is 13.8 Å². The minimum atomic E-state index is 0.251. The Balaban J connectivity index is 2.31. The molecule has 1 aromatic carbocycles. The van der Waals surface area contributed by atoms with Crippen LogP contribution in [0.25, 0.3) is 0 Å². The van der Waals surface area contributed by atoms with E-state index in [0.29, 0.717) is 0 Å². The molecule has 0 bridgehead atoms. The fourth-order valence-electron chi connectivity index (χ4n) is 1.50. The van der Waals surface area contributed by atoms with Gasteiger partial charge in [0.05, 0.1) is 6.10 Å². The summed E-state index contributed by atoms with van der Waals surface area (Å²) in [6.07, 6.45) is 5.07. The lowest BCUT2D eigenvalue weighted by Gasteiger charge is -2.14. The second-order valence-corrected chi connectivity index (χ2v) is 3.92. The molecule has 0 heterocycles. The fraction of sp³-hybridized carbons (Fsp3) is 0.538. The van der Waals surface area contributed by atoms with Crippen LogP contribution in [0.4, 0.5) is 0 Å². The first-order valence-electron chi connectivity index (χ1n) is 5.68. The van der Waals surface area contributed by atoms with Crippen LogP contribution in [0.2, 0.25) is 0 Å². The van der Waals surface area contributed by atoms with Crippen LogP contribution in [0.3, 0.4) is 0 Å². The lowest BCUT2D eigenvalue weighted by Crippen LogP contribution is -2.11. The maximum Gasteiger partial charge on any atom is 0.119 e. The van der Waals surface area contributed by atoms with Crippen molar-refractivity contribution in [1.82, 2.24) is 0 Å². The highest BCUT2D eigenvalue weighted by Gasteiger charge is 2.03. The highest BCUT2D eigenvalue weighted by Crippen LogP contribution is 2.18. The van der Waals surface area contributed by atoms with Crippen LogP contribution in [0.5, 0.6) is 11.5 Å². The van der Waals surface area contributed by atoms with Gasteiger partial charge in [-0.1, -0.05) is 19.8 Å². The van der Waals surface area contributed by atoms with Crippen LogP contribution in [0.1, 0.15) is 39.5 Å². The van der Waals surface area contributed by atoms with Crippen LogP contribution in [0.15, 0.2) is 24.3 Å². The molecule has 0 aromatic heterocycles. The van der Waals surface area contributed by atoms with Crippen LogP contribution < -0.4 is 4.74 Å². The number of ether oxygens (including phenoxy) is 1. The van der Waals surface area contributed by atoms with Gasteiger partial charge in [0.2, 0.25) is 0 Å². The summed E-state index contributed by atoms with van der Waals surface area (Å²) in [7, 11) is 0. The van der Waals surface area contributed by atoms with Crippen molar-refractivity contribution in [2.45, 2.75) is 45.6 Å². The Morgan fingerprint density at radius 1 is 1.20 bits per heavy atom. The Morgan fingerprint density at radius 2 is 1.87 bits per heavy atom. The van der Waals surface area contributed by atoms with Crippen LogP contribution in [-0.4, -0.2) is 11.2 Å². The molecule has 0 fully saturated rings. The van der Waals surface area contributed by atoms with Crippen LogP contribution in [-0.2, 0) is 0 Å². The molecule has 0 aliphatic carbocycles. The normalized spacial score (nSPS) is 12.4. The molecule has 0 aliphatic rings. The number of aromatic hydroxyl groups is 1. The Hall–Kier alpha value is -1.18. The van der Waals surface area contributed by atoms with E-state index in [-0.39, 0.29) is 11.9 Å². The number of phenolic OH excluding ortho intramolecular Hbond substituents is 1. The molecular formula is C13H20O2. The molecule has 0 amide bonds. The second kappa shape index (κ2) is 6.33. The van der Waals surface area contributed by atoms with Crippen molar-refractivity contribution in [3.05, 3.63) is 24.3 Å². The molecule has 2 heteroatoms. The lowest BCUT2D eigenvalue weighted by molar-refractivity contribution is 0.206. The summed E-state index contributed by atoms with van der Waals surface area (Å²) in [5.74, 6) is 1.11. The van der Waals surface area contributed by atoms with Gasteiger partial charge >= 0.3 is 0 Å². The van der Waals surface area contributed by atoms with E-state index in [1.165, 1.54) is 19.3 Å². The van der Waals surface area contributed by atoms with Crippen molar-refractivity contribution in [2.75, 3.05) is 0 Å². The summed E-state index contributed by atoms with van der Waals surface area (Å²) < 4.78 is 5.70. The third-order valence-corrected chi connectivity index (χ3v) is 2.39. The first-order valence-corrected chi connectivity index (χ1v) is 5.68. The number of benzene rings is 1. The first kappa shape index (κ1) is 11.9. The van der Waals surface area contributed by atoms with Gasteiger partial charge in [-0.15, -0.1) is 0 Å². The average Bonchev–Trinajstić information content (AvgIpc) is 2.22. The predicted octanol–water partition coefficient (Wildman–Crippen LogP) is 3.74. The van der Waals surface area contributed by atoms with Gasteiger partial charge in [0.15, 0.2) is 0 Å². The molecule has 0 saturated carbocycles. The van der Waals surface area contributed by atoms with Gasteiger partial charge in [-0.25, -0.2) is 0 Å². The van der Waals surface area contributed by atoms with Crippen molar-refractivity contribution in [3.8, 4) is 11.5 Å². The third kappa shape index (κ3) is 4.73. The zero-order valence-electron chi connectivity index (χ0n) is 9.57. The van der Waals surface area contributed by atoms with E-state index in [0.717, 1.165) is 12.2 Å². The Labute approximate surface area is 91.9 Å². The molecular weight excluding hydrogens is 188 g/mol.